The lowest BCUT2D eigenvalue weighted by atomic mass is 9.99. The molecule has 4 aromatic rings. The van der Waals surface area contributed by atoms with Gasteiger partial charge in [-0.2, -0.15) is 12.7 Å². The van der Waals surface area contributed by atoms with Crippen molar-refractivity contribution >= 4 is 54.7 Å². The van der Waals surface area contributed by atoms with Gasteiger partial charge in [0.15, 0.2) is 0 Å². The van der Waals surface area contributed by atoms with Crippen LogP contribution < -0.4 is 10.6 Å². The molecule has 0 spiro atoms. The van der Waals surface area contributed by atoms with E-state index in [1.165, 1.54) is 28.6 Å². The van der Waals surface area contributed by atoms with Crippen molar-refractivity contribution in [2.45, 2.75) is 40.5 Å². The summed E-state index contributed by atoms with van der Waals surface area (Å²) < 4.78 is 64.7. The maximum absolute atomic E-state index is 12.9. The third kappa shape index (κ3) is 7.57. The minimum Gasteiger partial charge on any atom is -0.334 e. The highest BCUT2D eigenvalue weighted by atomic mass is 32.2. The maximum atomic E-state index is 12.9. The summed E-state index contributed by atoms with van der Waals surface area (Å²) in [5, 5.41) is 18.8. The molecule has 5 rings (SSSR count). The quantitative estimate of drug-likeness (QED) is 0.0719. The zero-order chi connectivity index (χ0) is 31.3. The van der Waals surface area contributed by atoms with E-state index in [2.05, 4.69) is 20.0 Å². The molecule has 1 aliphatic heterocycles. The van der Waals surface area contributed by atoms with Crippen LogP contribution in [0.3, 0.4) is 0 Å². The standard InChI is InChI=1S/C29H29N3O9S3/c33-29(31-24-9-11-25(12-10-24)43(35,36)32-13-2-1-3-14-32)30-19-20-5-4-6-21(15-20)22-7-8-23-16-26(44(37,38)39)18-28(27(23)17-22)42-41-40-34/h4-12,15-18,34H,1-3,13-14,19H2,(H2,30,31,33)(H,37,38,39). The number of hydrogen-bond acceptors (Lipinski definition) is 9. The lowest BCUT2D eigenvalue weighted by molar-refractivity contribution is -0.432. The molecule has 44 heavy (non-hydrogen) atoms. The Hall–Kier alpha value is -3.54. The van der Waals surface area contributed by atoms with Crippen LogP contribution in [0.4, 0.5) is 10.5 Å². The number of urea groups is 1. The Morgan fingerprint density at radius 3 is 2.30 bits per heavy atom. The first-order valence-corrected chi connectivity index (χ1v) is 17.1. The minimum atomic E-state index is -4.49. The molecule has 12 nitrogen and oxygen atoms in total. The van der Waals surface area contributed by atoms with Crippen LogP contribution in [0.5, 0.6) is 0 Å². The smallest absolute Gasteiger partial charge is 0.319 e. The molecule has 4 aromatic carbocycles. The summed E-state index contributed by atoms with van der Waals surface area (Å²) in [6, 6.07) is 20.8. The Morgan fingerprint density at radius 1 is 0.864 bits per heavy atom. The van der Waals surface area contributed by atoms with Crippen LogP contribution in [0.2, 0.25) is 0 Å². The van der Waals surface area contributed by atoms with Crippen LogP contribution in [0.15, 0.2) is 93.5 Å². The van der Waals surface area contributed by atoms with E-state index in [-0.39, 0.29) is 21.2 Å². The largest absolute Gasteiger partial charge is 0.334 e. The summed E-state index contributed by atoms with van der Waals surface area (Å²) in [6.45, 7) is 1.23. The Kier molecular flexibility index (Phi) is 9.87. The van der Waals surface area contributed by atoms with E-state index < -0.39 is 26.2 Å². The van der Waals surface area contributed by atoms with E-state index in [0.29, 0.717) is 41.6 Å². The Balaban J connectivity index is 1.26. The number of benzene rings is 4. The molecule has 1 heterocycles. The molecule has 15 heteroatoms. The summed E-state index contributed by atoms with van der Waals surface area (Å²) in [5.41, 5.74) is 2.83. The van der Waals surface area contributed by atoms with E-state index in [0.717, 1.165) is 36.0 Å². The fourth-order valence-electron chi connectivity index (χ4n) is 4.93. The summed E-state index contributed by atoms with van der Waals surface area (Å²) in [5.74, 6) is 0. The molecule has 232 valence electrons. The average Bonchev–Trinajstić information content (AvgIpc) is 3.02. The molecule has 1 saturated heterocycles. The van der Waals surface area contributed by atoms with Gasteiger partial charge in [-0.1, -0.05) is 41.8 Å². The molecule has 0 saturated carbocycles. The second-order valence-electron chi connectivity index (χ2n) is 10.1. The van der Waals surface area contributed by atoms with Crippen molar-refractivity contribution in [3.8, 4) is 11.1 Å². The van der Waals surface area contributed by atoms with E-state index in [1.54, 1.807) is 30.3 Å². The van der Waals surface area contributed by atoms with Gasteiger partial charge in [0.05, 0.1) is 21.8 Å². The first-order chi connectivity index (χ1) is 21.0. The predicted molar refractivity (Wildman–Crippen MR) is 165 cm³/mol. The van der Waals surface area contributed by atoms with Crippen molar-refractivity contribution in [2.24, 2.45) is 0 Å². The SMILES string of the molecule is O=C(NCc1cccc(-c2ccc3cc(S(=O)(=O)O)cc(SOOO)c3c2)c1)Nc1ccc(S(=O)(=O)N2CCCCC2)cc1. The second-order valence-corrected chi connectivity index (χ2v) is 14.2. The van der Waals surface area contributed by atoms with E-state index >= 15 is 0 Å². The molecule has 1 fully saturated rings. The summed E-state index contributed by atoms with van der Waals surface area (Å²) in [4.78, 5) is 12.7. The van der Waals surface area contributed by atoms with Crippen molar-refractivity contribution in [2.75, 3.05) is 18.4 Å². The highest BCUT2D eigenvalue weighted by Crippen LogP contribution is 2.35. The highest BCUT2D eigenvalue weighted by molar-refractivity contribution is 7.94. The fraction of sp³-hybridized carbons (Fsp3) is 0.207. The summed E-state index contributed by atoms with van der Waals surface area (Å²) in [6.07, 6.45) is 2.72. The van der Waals surface area contributed by atoms with Crippen molar-refractivity contribution in [1.29, 1.82) is 0 Å². The van der Waals surface area contributed by atoms with Gasteiger partial charge in [0.1, 0.15) is 0 Å². The number of nitrogens with one attached hydrogen (secondary N) is 2. The zero-order valence-corrected chi connectivity index (χ0v) is 25.6. The monoisotopic (exact) mass is 659 g/mol. The fourth-order valence-corrected chi connectivity index (χ4v) is 7.61. The molecule has 2 amide bonds. The van der Waals surface area contributed by atoms with Gasteiger partial charge in [0.25, 0.3) is 10.1 Å². The summed E-state index contributed by atoms with van der Waals surface area (Å²) >= 11 is 0.573. The van der Waals surface area contributed by atoms with Gasteiger partial charge >= 0.3 is 6.03 Å². The number of rotatable bonds is 10. The third-order valence-electron chi connectivity index (χ3n) is 7.12. The van der Waals surface area contributed by atoms with Crippen LogP contribution in [0, 0.1) is 0 Å². The Morgan fingerprint density at radius 2 is 1.59 bits per heavy atom. The van der Waals surface area contributed by atoms with Crippen LogP contribution >= 0.6 is 12.0 Å². The van der Waals surface area contributed by atoms with Crippen LogP contribution in [0.25, 0.3) is 21.9 Å². The minimum absolute atomic E-state index is 0.190. The number of nitrogens with zero attached hydrogens (tertiary/aromatic N) is 1. The normalized spacial score (nSPS) is 14.4. The number of anilines is 1. The topological polar surface area (TPSA) is 172 Å². The van der Waals surface area contributed by atoms with Gasteiger partial charge in [0.2, 0.25) is 10.0 Å². The predicted octanol–water partition coefficient (Wildman–Crippen LogP) is 5.68. The van der Waals surface area contributed by atoms with Gasteiger partial charge < -0.3 is 10.6 Å². The van der Waals surface area contributed by atoms with Gasteiger partial charge in [-0.25, -0.2) is 18.5 Å². The van der Waals surface area contributed by atoms with Crippen molar-refractivity contribution in [3.63, 3.8) is 0 Å². The van der Waals surface area contributed by atoms with E-state index in [4.69, 9.17) is 5.26 Å². The molecule has 0 atom stereocenters. The van der Waals surface area contributed by atoms with Gasteiger partial charge in [-0.3, -0.25) is 4.55 Å². The molecule has 0 radical (unpaired) electrons. The first kappa shape index (κ1) is 31.9. The van der Waals surface area contributed by atoms with Gasteiger partial charge in [0, 0.05) is 30.2 Å². The molecular formula is C29H29N3O9S3. The third-order valence-corrected chi connectivity index (χ3v) is 10.5. The van der Waals surface area contributed by atoms with Crippen molar-refractivity contribution in [3.05, 3.63) is 84.4 Å². The lowest BCUT2D eigenvalue weighted by Crippen LogP contribution is -2.35. The Bertz CT molecular complexity index is 1880. The van der Waals surface area contributed by atoms with Crippen LogP contribution in [-0.2, 0) is 36.1 Å². The number of piperidine rings is 1. The van der Waals surface area contributed by atoms with Crippen LogP contribution in [-0.4, -0.2) is 50.1 Å². The molecule has 0 aliphatic carbocycles. The maximum Gasteiger partial charge on any atom is 0.319 e. The van der Waals surface area contributed by atoms with Gasteiger partial charge in [-0.15, -0.1) is 4.33 Å². The number of fused-ring (bicyclic) bond motifs is 1. The molecule has 4 N–H and O–H groups in total. The van der Waals surface area contributed by atoms with E-state index in [1.807, 2.05) is 24.3 Å². The van der Waals surface area contributed by atoms with E-state index in [9.17, 15) is 26.2 Å². The molecule has 0 aromatic heterocycles. The molecular weight excluding hydrogens is 631 g/mol. The molecule has 0 bridgehead atoms. The summed E-state index contributed by atoms with van der Waals surface area (Å²) in [7, 11) is -8.05. The second kappa shape index (κ2) is 13.6. The van der Waals surface area contributed by atoms with Crippen molar-refractivity contribution in [1.82, 2.24) is 9.62 Å². The zero-order valence-electron chi connectivity index (χ0n) is 23.2. The molecule has 0 unspecified atom stereocenters. The number of carbonyl (C=O) groups is 1. The molecule has 1 aliphatic rings. The number of carbonyl (C=O) groups excluding carboxylic acids is 1. The van der Waals surface area contributed by atoms with Gasteiger partial charge in [-0.05, 0) is 88.8 Å². The van der Waals surface area contributed by atoms with Crippen LogP contribution in [0.1, 0.15) is 24.8 Å². The first-order valence-electron chi connectivity index (χ1n) is 13.5. The van der Waals surface area contributed by atoms with Crippen molar-refractivity contribution < 1.29 is 40.8 Å². The lowest BCUT2D eigenvalue weighted by Gasteiger charge is -2.25. The average molecular weight is 660 g/mol. The Labute approximate surface area is 258 Å². The highest BCUT2D eigenvalue weighted by Gasteiger charge is 2.25. The number of hydrogen-bond donors (Lipinski definition) is 4. The number of amides is 2. The number of sulfonamides is 1.